The Morgan fingerprint density at radius 3 is 2.38 bits per heavy atom. The molecule has 34 heavy (non-hydrogen) atoms. The number of rotatable bonds is 4. The quantitative estimate of drug-likeness (QED) is 0.607. The number of benzene rings is 2. The molecule has 0 unspecified atom stereocenters. The highest BCUT2D eigenvalue weighted by molar-refractivity contribution is 7.91. The van der Waals surface area contributed by atoms with Gasteiger partial charge < -0.3 is 19.1 Å². The second-order valence-electron chi connectivity index (χ2n) is 9.52. The van der Waals surface area contributed by atoms with Crippen molar-refractivity contribution in [1.29, 1.82) is 0 Å². The average molecular weight is 496 g/mol. The molecule has 0 atom stereocenters. The molecule has 0 saturated carbocycles. The zero-order chi connectivity index (χ0) is 24.7. The van der Waals surface area contributed by atoms with Crippen LogP contribution in [-0.2, 0) is 14.6 Å². The highest BCUT2D eigenvalue weighted by atomic mass is 32.2. The molecule has 1 amide bonds. The number of sulfone groups is 1. The zero-order valence-corrected chi connectivity index (χ0v) is 20.1. The summed E-state index contributed by atoms with van der Waals surface area (Å²) in [4.78, 5) is 13.8. The maximum absolute atomic E-state index is 14.8. The second kappa shape index (κ2) is 9.05. The van der Waals surface area contributed by atoms with E-state index in [1.54, 1.807) is 4.90 Å². The van der Waals surface area contributed by atoms with E-state index in [1.165, 1.54) is 18.2 Å². The lowest BCUT2D eigenvalue weighted by Crippen LogP contribution is -2.42. The first-order valence-corrected chi connectivity index (χ1v) is 12.7. The summed E-state index contributed by atoms with van der Waals surface area (Å²) in [7, 11) is -3.52. The molecule has 2 aromatic carbocycles. The van der Waals surface area contributed by atoms with E-state index in [0.717, 1.165) is 12.1 Å². The van der Waals surface area contributed by atoms with Gasteiger partial charge in [-0.3, -0.25) is 0 Å². The number of fused-ring (bicyclic) bond motifs is 1. The first-order chi connectivity index (χ1) is 15.9. The van der Waals surface area contributed by atoms with Gasteiger partial charge in [-0.15, -0.1) is 0 Å². The summed E-state index contributed by atoms with van der Waals surface area (Å²) >= 11 is 0. The number of hydrogen-bond acceptors (Lipinski definition) is 6. The first-order valence-electron chi connectivity index (χ1n) is 11.0. The van der Waals surface area contributed by atoms with Gasteiger partial charge in [0, 0.05) is 25.2 Å². The van der Waals surface area contributed by atoms with Crippen LogP contribution in [0, 0.1) is 17.6 Å². The first kappa shape index (κ1) is 24.3. The molecule has 4 rings (SSSR count). The topological polar surface area (TPSA) is 82.1 Å². The minimum atomic E-state index is -3.52. The molecule has 1 saturated heterocycles. The van der Waals surface area contributed by atoms with Crippen LogP contribution in [0.2, 0.25) is 0 Å². The summed E-state index contributed by atoms with van der Waals surface area (Å²) in [5.41, 5.74) is -0.664. The van der Waals surface area contributed by atoms with Gasteiger partial charge in [0.1, 0.15) is 33.6 Å². The zero-order valence-electron chi connectivity index (χ0n) is 19.3. The summed E-state index contributed by atoms with van der Waals surface area (Å²) in [5.74, 6) is -1.85. The van der Waals surface area contributed by atoms with Gasteiger partial charge in [0.25, 0.3) is 0 Å². The Balaban J connectivity index is 1.38. The molecule has 0 N–H and O–H groups in total. The van der Waals surface area contributed by atoms with Gasteiger partial charge in [0.2, 0.25) is 9.84 Å². The summed E-state index contributed by atoms with van der Waals surface area (Å²) in [6.45, 7) is 6.78. The lowest BCUT2D eigenvalue weighted by atomic mass is 9.98. The number of carbonyl (C=O) groups is 1. The van der Waals surface area contributed by atoms with Crippen LogP contribution in [0.1, 0.15) is 33.6 Å². The number of hydrogen-bond donors (Lipinski definition) is 0. The lowest BCUT2D eigenvalue weighted by molar-refractivity contribution is 0.0164. The van der Waals surface area contributed by atoms with Gasteiger partial charge >= 0.3 is 6.09 Å². The fourth-order valence-corrected chi connectivity index (χ4v) is 5.08. The molecule has 0 spiro atoms. The fraction of sp³-hybridized carbons (Fsp3) is 0.458. The SMILES string of the molecule is CC(C)(C)OC(=O)N1CCC(COc2cc(F)c(-c3ccc4c(c3)OCS4(=O)=O)c(F)c2)CC1. The van der Waals surface area contributed by atoms with Crippen molar-refractivity contribution >= 4 is 15.9 Å². The van der Waals surface area contributed by atoms with Crippen molar-refractivity contribution in [1.82, 2.24) is 4.90 Å². The Labute approximate surface area is 197 Å². The minimum absolute atomic E-state index is 0.00901. The average Bonchev–Trinajstić information content (AvgIpc) is 3.05. The maximum Gasteiger partial charge on any atom is 0.410 e. The predicted octanol–water partition coefficient (Wildman–Crippen LogP) is 4.78. The van der Waals surface area contributed by atoms with Crippen molar-refractivity contribution in [2.75, 3.05) is 25.6 Å². The van der Waals surface area contributed by atoms with Crippen LogP contribution in [-0.4, -0.2) is 50.6 Å². The summed E-state index contributed by atoms with van der Waals surface area (Å²) in [6, 6.07) is 6.18. The standard InChI is InChI=1S/C24H27F2NO6S/c1-24(2,3)33-23(28)27-8-6-15(7-9-27)13-31-17-11-18(25)22(19(26)12-17)16-4-5-21-20(10-16)32-14-34(21,29)30/h4-5,10-12,15H,6-9,13-14H2,1-3H3. The van der Waals surface area contributed by atoms with Gasteiger partial charge in [-0.2, -0.15) is 0 Å². The van der Waals surface area contributed by atoms with E-state index in [1.807, 2.05) is 20.8 Å². The Kier molecular flexibility index (Phi) is 6.46. The number of likely N-dealkylation sites (tertiary alicyclic amines) is 1. The van der Waals surface area contributed by atoms with Crippen molar-refractivity contribution in [2.45, 2.75) is 44.1 Å². The third kappa shape index (κ3) is 5.27. The molecule has 0 radical (unpaired) electrons. The van der Waals surface area contributed by atoms with Crippen molar-refractivity contribution in [2.24, 2.45) is 5.92 Å². The molecule has 10 heteroatoms. The molecule has 184 valence electrons. The molecule has 2 heterocycles. The number of carbonyl (C=O) groups excluding carboxylic acids is 1. The largest absolute Gasteiger partial charge is 0.493 e. The normalized spacial score (nSPS) is 17.7. The van der Waals surface area contributed by atoms with E-state index in [-0.39, 0.29) is 46.1 Å². The molecular formula is C24H27F2NO6S. The van der Waals surface area contributed by atoms with E-state index in [9.17, 15) is 22.0 Å². The summed E-state index contributed by atoms with van der Waals surface area (Å²) in [6.07, 6.45) is 1.04. The number of halogens is 2. The molecule has 0 aliphatic carbocycles. The van der Waals surface area contributed by atoms with E-state index >= 15 is 0 Å². The molecule has 0 aromatic heterocycles. The number of amides is 1. The molecule has 0 bridgehead atoms. The molecule has 2 aromatic rings. The Bertz CT molecular complexity index is 1180. The van der Waals surface area contributed by atoms with E-state index in [4.69, 9.17) is 14.2 Å². The van der Waals surface area contributed by atoms with Crippen LogP contribution >= 0.6 is 0 Å². The van der Waals surface area contributed by atoms with Crippen LogP contribution in [0.15, 0.2) is 35.2 Å². The number of ether oxygens (including phenoxy) is 3. The lowest BCUT2D eigenvalue weighted by Gasteiger charge is -2.33. The van der Waals surface area contributed by atoms with Crippen LogP contribution < -0.4 is 9.47 Å². The smallest absolute Gasteiger partial charge is 0.410 e. The number of piperidine rings is 1. The molecule has 2 aliphatic rings. The van der Waals surface area contributed by atoms with Crippen LogP contribution in [0.5, 0.6) is 11.5 Å². The molecule has 1 fully saturated rings. The van der Waals surface area contributed by atoms with Gasteiger partial charge in [-0.05, 0) is 57.2 Å². The third-order valence-electron chi connectivity index (χ3n) is 5.70. The Morgan fingerprint density at radius 2 is 1.76 bits per heavy atom. The van der Waals surface area contributed by atoms with Crippen molar-refractivity contribution in [3.63, 3.8) is 0 Å². The second-order valence-corrected chi connectivity index (χ2v) is 11.4. The van der Waals surface area contributed by atoms with Gasteiger partial charge in [-0.1, -0.05) is 6.07 Å². The molecule has 7 nitrogen and oxygen atoms in total. The highest BCUT2D eigenvalue weighted by Crippen LogP contribution is 2.37. The van der Waals surface area contributed by atoms with E-state index in [0.29, 0.717) is 25.9 Å². The van der Waals surface area contributed by atoms with Crippen molar-refractivity contribution < 1.29 is 36.2 Å². The summed E-state index contributed by atoms with van der Waals surface area (Å²) in [5, 5.41) is 0. The highest BCUT2D eigenvalue weighted by Gasteiger charge is 2.29. The Hall–Kier alpha value is -2.88. The van der Waals surface area contributed by atoms with Crippen molar-refractivity contribution in [3.8, 4) is 22.6 Å². The predicted molar refractivity (Wildman–Crippen MR) is 121 cm³/mol. The van der Waals surface area contributed by atoms with Crippen LogP contribution in [0.25, 0.3) is 11.1 Å². The van der Waals surface area contributed by atoms with E-state index in [2.05, 4.69) is 0 Å². The molecular weight excluding hydrogens is 468 g/mol. The third-order valence-corrected chi connectivity index (χ3v) is 7.14. The summed E-state index contributed by atoms with van der Waals surface area (Å²) < 4.78 is 69.5. The van der Waals surface area contributed by atoms with Crippen molar-refractivity contribution in [3.05, 3.63) is 42.0 Å². The van der Waals surface area contributed by atoms with Gasteiger partial charge in [0.05, 0.1) is 12.2 Å². The maximum atomic E-state index is 14.8. The molecule has 2 aliphatic heterocycles. The van der Waals surface area contributed by atoms with Crippen LogP contribution in [0.4, 0.5) is 13.6 Å². The van der Waals surface area contributed by atoms with Crippen LogP contribution in [0.3, 0.4) is 0 Å². The monoisotopic (exact) mass is 495 g/mol. The minimum Gasteiger partial charge on any atom is -0.493 e. The van der Waals surface area contributed by atoms with Gasteiger partial charge in [-0.25, -0.2) is 22.0 Å². The van der Waals surface area contributed by atoms with Gasteiger partial charge in [0.15, 0.2) is 5.94 Å². The number of nitrogens with zero attached hydrogens (tertiary/aromatic N) is 1. The Morgan fingerprint density at radius 1 is 1.12 bits per heavy atom. The van der Waals surface area contributed by atoms with E-state index < -0.39 is 33.0 Å². The fourth-order valence-electron chi connectivity index (χ4n) is 3.97.